The molecule has 3 nitrogen and oxygen atoms in total. The summed E-state index contributed by atoms with van der Waals surface area (Å²) >= 11 is 9.40. The minimum absolute atomic E-state index is 0.722. The predicted octanol–water partition coefficient (Wildman–Crippen LogP) is 3.02. The zero-order valence-corrected chi connectivity index (χ0v) is 13.8. The lowest BCUT2D eigenvalue weighted by atomic mass is 9.89. The molecule has 1 N–H and O–H groups in total. The molecule has 5 heteroatoms. The lowest BCUT2D eigenvalue weighted by Crippen LogP contribution is -2.41. The van der Waals surface area contributed by atoms with Gasteiger partial charge >= 0.3 is 0 Å². The summed E-state index contributed by atoms with van der Waals surface area (Å²) in [6.07, 6.45) is 1.32. The summed E-state index contributed by atoms with van der Waals surface area (Å²) in [5.41, 5.74) is 0. The molecular formula is C15H20BrClN2O. The van der Waals surface area contributed by atoms with Crippen molar-refractivity contribution in [1.29, 1.82) is 0 Å². The Labute approximate surface area is 133 Å². The van der Waals surface area contributed by atoms with Crippen LogP contribution in [0.4, 0.5) is 0 Å². The van der Waals surface area contributed by atoms with Gasteiger partial charge < -0.3 is 10.1 Å². The first-order valence-electron chi connectivity index (χ1n) is 7.23. The standard InChI is InChI=1S/C15H20BrClN2O/c16-14-7-13(17)1-2-15(14)20-6-5-19-4-3-11-8-18-9-12(11)10-19/h1-2,7,11-12,18H,3-6,8-10H2. The normalized spacial score (nSPS) is 26.5. The Kier molecular flexibility index (Phi) is 4.87. The molecule has 1 aromatic rings. The fourth-order valence-corrected chi connectivity index (χ4v) is 3.99. The van der Waals surface area contributed by atoms with Gasteiger partial charge in [0.15, 0.2) is 0 Å². The number of likely N-dealkylation sites (tertiary alicyclic amines) is 1. The number of nitrogens with one attached hydrogen (secondary N) is 1. The number of hydrogen-bond donors (Lipinski definition) is 1. The molecule has 0 amide bonds. The molecule has 0 aliphatic carbocycles. The van der Waals surface area contributed by atoms with Gasteiger partial charge in [0.25, 0.3) is 0 Å². The second-order valence-electron chi connectivity index (χ2n) is 5.69. The summed E-state index contributed by atoms with van der Waals surface area (Å²) in [5, 5.41) is 4.23. The minimum Gasteiger partial charge on any atom is -0.491 e. The van der Waals surface area contributed by atoms with Gasteiger partial charge in [-0.3, -0.25) is 4.90 Å². The summed E-state index contributed by atoms with van der Waals surface area (Å²) in [5.74, 6) is 2.61. The Morgan fingerprint density at radius 3 is 3.05 bits per heavy atom. The maximum atomic E-state index is 5.92. The molecule has 0 spiro atoms. The Morgan fingerprint density at radius 2 is 2.20 bits per heavy atom. The van der Waals surface area contributed by atoms with Crippen molar-refractivity contribution in [3.8, 4) is 5.75 Å². The highest BCUT2D eigenvalue weighted by molar-refractivity contribution is 9.10. The third-order valence-corrected chi connectivity index (χ3v) is 5.20. The van der Waals surface area contributed by atoms with E-state index < -0.39 is 0 Å². The number of hydrogen-bond acceptors (Lipinski definition) is 3. The van der Waals surface area contributed by atoms with E-state index in [2.05, 4.69) is 26.1 Å². The number of halogens is 2. The van der Waals surface area contributed by atoms with Crippen LogP contribution in [0, 0.1) is 11.8 Å². The molecule has 2 saturated heterocycles. The van der Waals surface area contributed by atoms with E-state index in [1.54, 1.807) is 0 Å². The van der Waals surface area contributed by atoms with Gasteiger partial charge in [-0.1, -0.05) is 11.6 Å². The van der Waals surface area contributed by atoms with Crippen molar-refractivity contribution in [2.75, 3.05) is 39.3 Å². The van der Waals surface area contributed by atoms with Crippen LogP contribution in [0.2, 0.25) is 5.02 Å². The van der Waals surface area contributed by atoms with Crippen molar-refractivity contribution in [3.63, 3.8) is 0 Å². The Morgan fingerprint density at radius 1 is 1.35 bits per heavy atom. The molecule has 1 aromatic carbocycles. The van der Waals surface area contributed by atoms with Crippen molar-refractivity contribution >= 4 is 27.5 Å². The monoisotopic (exact) mass is 358 g/mol. The number of fused-ring (bicyclic) bond motifs is 1. The molecular weight excluding hydrogens is 340 g/mol. The fourth-order valence-electron chi connectivity index (χ4n) is 3.19. The highest BCUT2D eigenvalue weighted by Gasteiger charge is 2.32. The second-order valence-corrected chi connectivity index (χ2v) is 6.98. The van der Waals surface area contributed by atoms with Crippen LogP contribution in [0.15, 0.2) is 22.7 Å². The molecule has 2 aliphatic rings. The molecule has 2 unspecified atom stereocenters. The number of piperidine rings is 1. The first kappa shape index (κ1) is 14.6. The van der Waals surface area contributed by atoms with Gasteiger partial charge in [0.2, 0.25) is 0 Å². The van der Waals surface area contributed by atoms with E-state index in [0.717, 1.165) is 40.2 Å². The van der Waals surface area contributed by atoms with E-state index in [4.69, 9.17) is 16.3 Å². The van der Waals surface area contributed by atoms with Gasteiger partial charge in [-0.2, -0.15) is 0 Å². The Bertz CT molecular complexity index is 471. The van der Waals surface area contributed by atoms with Crippen molar-refractivity contribution in [2.24, 2.45) is 11.8 Å². The molecule has 0 saturated carbocycles. The van der Waals surface area contributed by atoms with Gasteiger partial charge in [-0.05, 0) is 72.0 Å². The SMILES string of the molecule is Clc1ccc(OCCN2CCC3CNCC3C2)c(Br)c1. The molecule has 0 bridgehead atoms. The van der Waals surface area contributed by atoms with E-state index in [0.29, 0.717) is 0 Å². The molecule has 110 valence electrons. The van der Waals surface area contributed by atoms with Crippen LogP contribution < -0.4 is 10.1 Å². The van der Waals surface area contributed by atoms with Crippen LogP contribution in [-0.2, 0) is 0 Å². The maximum absolute atomic E-state index is 5.92. The summed E-state index contributed by atoms with van der Waals surface area (Å²) in [4.78, 5) is 2.53. The van der Waals surface area contributed by atoms with Crippen molar-refractivity contribution in [3.05, 3.63) is 27.7 Å². The lowest BCUT2D eigenvalue weighted by molar-refractivity contribution is 0.127. The lowest BCUT2D eigenvalue weighted by Gasteiger charge is -2.34. The molecule has 0 radical (unpaired) electrons. The van der Waals surface area contributed by atoms with Crippen molar-refractivity contribution < 1.29 is 4.74 Å². The van der Waals surface area contributed by atoms with Crippen LogP contribution in [-0.4, -0.2) is 44.2 Å². The van der Waals surface area contributed by atoms with Crippen LogP contribution >= 0.6 is 27.5 Å². The number of ether oxygens (including phenoxy) is 1. The third-order valence-electron chi connectivity index (χ3n) is 4.35. The Hall–Kier alpha value is -0.290. The summed E-state index contributed by atoms with van der Waals surface area (Å²) in [7, 11) is 0. The zero-order chi connectivity index (χ0) is 13.9. The van der Waals surface area contributed by atoms with E-state index in [1.807, 2.05) is 18.2 Å². The second kappa shape index (κ2) is 6.65. The first-order valence-corrected chi connectivity index (χ1v) is 8.40. The predicted molar refractivity (Wildman–Crippen MR) is 85.6 cm³/mol. The van der Waals surface area contributed by atoms with Gasteiger partial charge in [-0.25, -0.2) is 0 Å². The summed E-state index contributed by atoms with van der Waals surface area (Å²) in [6.45, 7) is 6.54. The van der Waals surface area contributed by atoms with Crippen LogP contribution in [0.5, 0.6) is 5.75 Å². The number of rotatable bonds is 4. The first-order chi connectivity index (χ1) is 9.72. The van der Waals surface area contributed by atoms with Gasteiger partial charge in [-0.15, -0.1) is 0 Å². The van der Waals surface area contributed by atoms with E-state index >= 15 is 0 Å². The van der Waals surface area contributed by atoms with E-state index in [1.165, 1.54) is 32.6 Å². The topological polar surface area (TPSA) is 24.5 Å². The molecule has 20 heavy (non-hydrogen) atoms. The summed E-state index contributed by atoms with van der Waals surface area (Å²) in [6, 6.07) is 5.64. The molecule has 2 atom stereocenters. The number of benzene rings is 1. The van der Waals surface area contributed by atoms with Crippen LogP contribution in [0.1, 0.15) is 6.42 Å². The number of nitrogens with zero attached hydrogens (tertiary/aromatic N) is 1. The molecule has 2 heterocycles. The largest absolute Gasteiger partial charge is 0.491 e. The van der Waals surface area contributed by atoms with Crippen molar-refractivity contribution in [2.45, 2.75) is 6.42 Å². The quantitative estimate of drug-likeness (QED) is 0.894. The minimum atomic E-state index is 0.722. The van der Waals surface area contributed by atoms with Gasteiger partial charge in [0.05, 0.1) is 4.47 Å². The van der Waals surface area contributed by atoms with Crippen LogP contribution in [0.3, 0.4) is 0 Å². The smallest absolute Gasteiger partial charge is 0.133 e. The molecule has 0 aromatic heterocycles. The fraction of sp³-hybridized carbons (Fsp3) is 0.600. The van der Waals surface area contributed by atoms with Gasteiger partial charge in [0, 0.05) is 18.1 Å². The third kappa shape index (κ3) is 3.48. The highest BCUT2D eigenvalue weighted by atomic mass is 79.9. The van der Waals surface area contributed by atoms with Gasteiger partial charge in [0.1, 0.15) is 12.4 Å². The molecule has 3 rings (SSSR count). The average Bonchev–Trinajstić information content (AvgIpc) is 2.89. The molecule has 2 fully saturated rings. The summed E-state index contributed by atoms with van der Waals surface area (Å²) < 4.78 is 6.76. The van der Waals surface area contributed by atoms with Crippen molar-refractivity contribution in [1.82, 2.24) is 10.2 Å². The maximum Gasteiger partial charge on any atom is 0.133 e. The molecule has 2 aliphatic heterocycles. The zero-order valence-electron chi connectivity index (χ0n) is 11.4. The Balaban J connectivity index is 1.45. The van der Waals surface area contributed by atoms with E-state index in [9.17, 15) is 0 Å². The average molecular weight is 360 g/mol. The van der Waals surface area contributed by atoms with E-state index in [-0.39, 0.29) is 0 Å². The van der Waals surface area contributed by atoms with Crippen LogP contribution in [0.25, 0.3) is 0 Å². The highest BCUT2D eigenvalue weighted by Crippen LogP contribution is 2.28.